The molecule has 3 aromatic rings. The van der Waals surface area contributed by atoms with E-state index in [1.54, 1.807) is 11.3 Å². The van der Waals surface area contributed by atoms with Gasteiger partial charge in [0.05, 0.1) is 5.52 Å². The zero-order valence-corrected chi connectivity index (χ0v) is 13.0. The molecule has 1 aromatic carbocycles. The number of aromatic nitrogens is 2. The van der Waals surface area contributed by atoms with Crippen molar-refractivity contribution in [2.45, 2.75) is 12.8 Å². The number of anilines is 1. The summed E-state index contributed by atoms with van der Waals surface area (Å²) in [4.78, 5) is 12.4. The van der Waals surface area contributed by atoms with Gasteiger partial charge in [0.1, 0.15) is 5.82 Å². The third-order valence-corrected chi connectivity index (χ3v) is 4.95. The Hall–Kier alpha value is -1.65. The molecule has 21 heavy (non-hydrogen) atoms. The van der Waals surface area contributed by atoms with Crippen LogP contribution in [0, 0.1) is 0 Å². The van der Waals surface area contributed by atoms with E-state index < -0.39 is 0 Å². The number of halogens is 1. The molecule has 0 unspecified atom stereocenters. The maximum absolute atomic E-state index is 6.09. The summed E-state index contributed by atoms with van der Waals surface area (Å²) in [7, 11) is 0. The van der Waals surface area contributed by atoms with Crippen molar-refractivity contribution in [3.05, 3.63) is 41.0 Å². The van der Waals surface area contributed by atoms with Crippen LogP contribution in [-0.2, 0) is 0 Å². The van der Waals surface area contributed by atoms with Gasteiger partial charge in [-0.1, -0.05) is 12.1 Å². The highest BCUT2D eigenvalue weighted by Crippen LogP contribution is 2.33. The highest BCUT2D eigenvalue weighted by atomic mass is 35.5. The molecular weight excluding hydrogens is 302 g/mol. The van der Waals surface area contributed by atoms with Crippen molar-refractivity contribution >= 4 is 39.7 Å². The van der Waals surface area contributed by atoms with Crippen LogP contribution in [0.25, 0.3) is 21.3 Å². The van der Waals surface area contributed by atoms with Gasteiger partial charge in [0.15, 0.2) is 0 Å². The number of hydrogen-bond donors (Lipinski definition) is 0. The van der Waals surface area contributed by atoms with Crippen LogP contribution in [0.3, 0.4) is 0 Å². The second kappa shape index (κ2) is 5.28. The van der Waals surface area contributed by atoms with Crippen LogP contribution in [0.2, 0.25) is 5.28 Å². The molecule has 0 N–H and O–H groups in total. The second-order valence-electron chi connectivity index (χ2n) is 5.22. The summed E-state index contributed by atoms with van der Waals surface area (Å²) < 4.78 is 0. The Morgan fingerprint density at radius 3 is 2.71 bits per heavy atom. The molecule has 3 nitrogen and oxygen atoms in total. The van der Waals surface area contributed by atoms with Gasteiger partial charge in [-0.2, -0.15) is 4.98 Å². The number of thiophene rings is 1. The predicted molar refractivity (Wildman–Crippen MR) is 89.3 cm³/mol. The fraction of sp³-hybridized carbons (Fsp3) is 0.250. The smallest absolute Gasteiger partial charge is 0.224 e. The molecule has 1 aliphatic rings. The molecule has 3 heterocycles. The molecule has 0 atom stereocenters. The standard InChI is InChI=1S/C16H14ClN3S/c17-16-18-13-6-5-11(14-4-3-9-21-14)10-12(13)15(19-16)20-7-1-2-8-20/h3-6,9-10H,1-2,7-8H2. The lowest BCUT2D eigenvalue weighted by Crippen LogP contribution is -2.19. The summed E-state index contributed by atoms with van der Waals surface area (Å²) in [5.41, 5.74) is 2.13. The molecule has 1 saturated heterocycles. The summed E-state index contributed by atoms with van der Waals surface area (Å²) in [6.45, 7) is 2.09. The third kappa shape index (κ3) is 2.39. The first-order valence-electron chi connectivity index (χ1n) is 7.07. The lowest BCUT2D eigenvalue weighted by Gasteiger charge is -2.18. The van der Waals surface area contributed by atoms with E-state index in [1.165, 1.54) is 23.3 Å². The molecule has 0 saturated carbocycles. The van der Waals surface area contributed by atoms with Crippen molar-refractivity contribution in [3.63, 3.8) is 0 Å². The van der Waals surface area contributed by atoms with E-state index in [4.69, 9.17) is 11.6 Å². The maximum atomic E-state index is 6.09. The molecule has 4 rings (SSSR count). The molecule has 0 radical (unpaired) electrons. The van der Waals surface area contributed by atoms with Gasteiger partial charge in [0.2, 0.25) is 5.28 Å². The monoisotopic (exact) mass is 315 g/mol. The lowest BCUT2D eigenvalue weighted by atomic mass is 10.1. The molecule has 1 aliphatic heterocycles. The molecule has 0 amide bonds. The highest BCUT2D eigenvalue weighted by Gasteiger charge is 2.18. The van der Waals surface area contributed by atoms with Crippen LogP contribution in [0.5, 0.6) is 0 Å². The first kappa shape index (κ1) is 13.0. The number of nitrogens with zero attached hydrogens (tertiary/aromatic N) is 3. The van der Waals surface area contributed by atoms with Crippen molar-refractivity contribution in [2.24, 2.45) is 0 Å². The Morgan fingerprint density at radius 2 is 1.95 bits per heavy atom. The number of hydrogen-bond acceptors (Lipinski definition) is 4. The first-order chi connectivity index (χ1) is 10.3. The van der Waals surface area contributed by atoms with Gasteiger partial charge in [-0.25, -0.2) is 4.98 Å². The van der Waals surface area contributed by atoms with Gasteiger partial charge < -0.3 is 4.90 Å². The van der Waals surface area contributed by atoms with Crippen LogP contribution in [0.4, 0.5) is 5.82 Å². The van der Waals surface area contributed by atoms with E-state index in [1.807, 2.05) is 6.07 Å². The van der Waals surface area contributed by atoms with E-state index in [-0.39, 0.29) is 0 Å². The minimum absolute atomic E-state index is 0.327. The van der Waals surface area contributed by atoms with Gasteiger partial charge in [0, 0.05) is 23.4 Å². The quantitative estimate of drug-likeness (QED) is 0.647. The van der Waals surface area contributed by atoms with Gasteiger partial charge in [-0.3, -0.25) is 0 Å². The summed E-state index contributed by atoms with van der Waals surface area (Å²) in [5.74, 6) is 0.973. The Bertz CT molecular complexity index is 780. The zero-order chi connectivity index (χ0) is 14.2. The van der Waals surface area contributed by atoms with Crippen LogP contribution >= 0.6 is 22.9 Å². The van der Waals surface area contributed by atoms with Crippen LogP contribution < -0.4 is 4.90 Å². The molecule has 2 aromatic heterocycles. The first-order valence-corrected chi connectivity index (χ1v) is 8.33. The van der Waals surface area contributed by atoms with Crippen molar-refractivity contribution in [2.75, 3.05) is 18.0 Å². The van der Waals surface area contributed by atoms with Gasteiger partial charge in [-0.15, -0.1) is 11.3 Å². The Labute approximate surface area is 132 Å². The SMILES string of the molecule is Clc1nc(N2CCCC2)c2cc(-c3cccs3)ccc2n1. The van der Waals surface area contributed by atoms with Crippen LogP contribution in [0.15, 0.2) is 35.7 Å². The topological polar surface area (TPSA) is 29.0 Å². The molecule has 1 fully saturated rings. The Kier molecular flexibility index (Phi) is 3.28. The van der Waals surface area contributed by atoms with E-state index in [9.17, 15) is 0 Å². The molecule has 0 spiro atoms. The minimum atomic E-state index is 0.327. The van der Waals surface area contributed by atoms with Crippen molar-refractivity contribution in [1.29, 1.82) is 0 Å². The summed E-state index contributed by atoms with van der Waals surface area (Å²) in [6.07, 6.45) is 2.43. The van der Waals surface area contributed by atoms with E-state index >= 15 is 0 Å². The zero-order valence-electron chi connectivity index (χ0n) is 11.4. The highest BCUT2D eigenvalue weighted by molar-refractivity contribution is 7.13. The van der Waals surface area contributed by atoms with Crippen molar-refractivity contribution in [3.8, 4) is 10.4 Å². The maximum Gasteiger partial charge on any atom is 0.224 e. The van der Waals surface area contributed by atoms with Crippen LogP contribution in [0.1, 0.15) is 12.8 Å². The van der Waals surface area contributed by atoms with E-state index in [0.717, 1.165) is 29.8 Å². The molecule has 0 aliphatic carbocycles. The lowest BCUT2D eigenvalue weighted by molar-refractivity contribution is 0.939. The summed E-state index contributed by atoms with van der Waals surface area (Å²) in [6, 6.07) is 10.5. The normalized spacial score (nSPS) is 15.0. The van der Waals surface area contributed by atoms with Crippen molar-refractivity contribution < 1.29 is 0 Å². The molecular formula is C16H14ClN3S. The molecule has 0 bridgehead atoms. The second-order valence-corrected chi connectivity index (χ2v) is 6.51. The number of benzene rings is 1. The molecule has 106 valence electrons. The van der Waals surface area contributed by atoms with Gasteiger partial charge >= 0.3 is 0 Å². The fourth-order valence-electron chi connectivity index (χ4n) is 2.85. The Morgan fingerprint density at radius 1 is 1.10 bits per heavy atom. The predicted octanol–water partition coefficient (Wildman–Crippen LogP) is 4.61. The van der Waals surface area contributed by atoms with Crippen molar-refractivity contribution in [1.82, 2.24) is 9.97 Å². The average molecular weight is 316 g/mol. The van der Waals surface area contributed by atoms with Gasteiger partial charge in [0.25, 0.3) is 0 Å². The Balaban J connectivity index is 1.92. The van der Waals surface area contributed by atoms with Crippen LogP contribution in [-0.4, -0.2) is 23.1 Å². The van der Waals surface area contributed by atoms with E-state index in [2.05, 4.69) is 44.5 Å². The average Bonchev–Trinajstić information content (AvgIpc) is 3.19. The van der Waals surface area contributed by atoms with E-state index in [0.29, 0.717) is 5.28 Å². The minimum Gasteiger partial charge on any atom is -0.356 e. The largest absolute Gasteiger partial charge is 0.356 e. The fourth-order valence-corrected chi connectivity index (χ4v) is 3.75. The number of rotatable bonds is 2. The van der Waals surface area contributed by atoms with Gasteiger partial charge in [-0.05, 0) is 53.6 Å². The number of fused-ring (bicyclic) bond motifs is 1. The third-order valence-electron chi connectivity index (χ3n) is 3.86. The molecule has 5 heteroatoms. The summed E-state index contributed by atoms with van der Waals surface area (Å²) in [5, 5.41) is 3.51. The summed E-state index contributed by atoms with van der Waals surface area (Å²) >= 11 is 7.84.